The second-order valence-corrected chi connectivity index (χ2v) is 8.13. The summed E-state index contributed by atoms with van der Waals surface area (Å²) < 4.78 is 17.2. The van der Waals surface area contributed by atoms with E-state index < -0.39 is 5.69 Å². The minimum absolute atomic E-state index is 0.363. The molecule has 3 heterocycles. The number of hydrogen-bond donors (Lipinski definition) is 0. The van der Waals surface area contributed by atoms with Gasteiger partial charge in [-0.2, -0.15) is 4.98 Å². The highest BCUT2D eigenvalue weighted by molar-refractivity contribution is 5.78. The first-order chi connectivity index (χ1) is 16.4. The molecule has 0 atom stereocenters. The summed E-state index contributed by atoms with van der Waals surface area (Å²) in [5.41, 5.74) is 2.98. The Hall–Kier alpha value is -4.27. The van der Waals surface area contributed by atoms with Gasteiger partial charge in [0.25, 0.3) is 5.56 Å². The van der Waals surface area contributed by atoms with Crippen LogP contribution < -0.4 is 20.7 Å². The first-order valence-corrected chi connectivity index (χ1v) is 10.9. The molecule has 174 valence electrons. The Morgan fingerprint density at radius 2 is 1.65 bits per heavy atom. The number of hydrogen-bond acceptors (Lipinski definition) is 5. The van der Waals surface area contributed by atoms with Crippen LogP contribution in [0, 0.1) is 0 Å². The molecule has 0 N–H and O–H groups in total. The monoisotopic (exact) mass is 459 g/mol. The Kier molecular flexibility index (Phi) is 5.24. The third-order valence-electron chi connectivity index (χ3n) is 6.20. The fourth-order valence-corrected chi connectivity index (χ4v) is 4.35. The lowest BCUT2D eigenvalue weighted by Crippen LogP contribution is -2.37. The predicted octanol–water partition coefficient (Wildman–Crippen LogP) is 2.61. The van der Waals surface area contributed by atoms with Gasteiger partial charge in [-0.25, -0.2) is 4.79 Å². The van der Waals surface area contributed by atoms with E-state index in [1.54, 1.807) is 25.7 Å². The lowest BCUT2D eigenvalue weighted by molar-refractivity contribution is 0.354. The Labute approximate surface area is 195 Å². The van der Waals surface area contributed by atoms with Gasteiger partial charge in [0.2, 0.25) is 5.78 Å². The summed E-state index contributed by atoms with van der Waals surface area (Å²) in [4.78, 5) is 30.2. The number of rotatable bonds is 6. The van der Waals surface area contributed by atoms with Crippen LogP contribution >= 0.6 is 0 Å². The molecule has 0 aliphatic heterocycles. The van der Waals surface area contributed by atoms with Gasteiger partial charge in [-0.05, 0) is 29.7 Å². The quantitative estimate of drug-likeness (QED) is 0.390. The van der Waals surface area contributed by atoms with Crippen molar-refractivity contribution in [3.05, 3.63) is 81.1 Å². The SMILES string of the molecule is COc1ccc(CCn2c(-c3ccccc3)cn3c4c(=O)n(C)c(=O)n(C)c4nc23)cc1OC. The van der Waals surface area contributed by atoms with Crippen molar-refractivity contribution in [2.75, 3.05) is 14.2 Å². The minimum atomic E-state index is -0.404. The van der Waals surface area contributed by atoms with Gasteiger partial charge < -0.3 is 14.0 Å². The van der Waals surface area contributed by atoms with Crippen LogP contribution in [0.4, 0.5) is 0 Å². The molecule has 2 aromatic carbocycles. The molecule has 34 heavy (non-hydrogen) atoms. The molecule has 0 fully saturated rings. The van der Waals surface area contributed by atoms with E-state index in [0.717, 1.165) is 21.4 Å². The molecule has 9 nitrogen and oxygen atoms in total. The van der Waals surface area contributed by atoms with Crippen LogP contribution in [0.2, 0.25) is 0 Å². The average molecular weight is 460 g/mol. The standard InChI is InChI=1S/C25H25N5O4/c1-27-22-21(23(31)28(2)25(27)32)30-15-18(17-8-6-5-7-9-17)29(24(30)26-22)13-12-16-10-11-19(33-3)20(14-16)34-4/h5-11,14-15H,12-13H2,1-4H3. The maximum atomic E-state index is 13.0. The molecule has 0 spiro atoms. The number of aryl methyl sites for hydroxylation is 3. The largest absolute Gasteiger partial charge is 0.493 e. The molecule has 0 saturated heterocycles. The van der Waals surface area contributed by atoms with Crippen molar-refractivity contribution in [2.45, 2.75) is 13.0 Å². The highest BCUT2D eigenvalue weighted by Gasteiger charge is 2.21. The van der Waals surface area contributed by atoms with E-state index in [4.69, 9.17) is 14.5 Å². The average Bonchev–Trinajstić information content (AvgIpc) is 3.41. The van der Waals surface area contributed by atoms with E-state index in [1.165, 1.54) is 11.6 Å². The zero-order chi connectivity index (χ0) is 24.0. The van der Waals surface area contributed by atoms with Gasteiger partial charge in [0.1, 0.15) is 0 Å². The number of benzene rings is 2. The fraction of sp³-hybridized carbons (Fsp3) is 0.240. The molecule has 0 saturated carbocycles. The summed E-state index contributed by atoms with van der Waals surface area (Å²) >= 11 is 0. The third-order valence-corrected chi connectivity index (χ3v) is 6.20. The molecule has 3 aromatic heterocycles. The molecule has 0 radical (unpaired) electrons. The normalized spacial score (nSPS) is 11.4. The van der Waals surface area contributed by atoms with Crippen molar-refractivity contribution < 1.29 is 9.47 Å². The summed E-state index contributed by atoms with van der Waals surface area (Å²) in [6, 6.07) is 15.8. The molecule has 0 aliphatic carbocycles. The van der Waals surface area contributed by atoms with E-state index in [2.05, 4.69) is 4.57 Å². The molecule has 9 heteroatoms. The van der Waals surface area contributed by atoms with E-state index in [1.807, 2.05) is 54.7 Å². The second-order valence-electron chi connectivity index (χ2n) is 8.13. The van der Waals surface area contributed by atoms with Crippen molar-refractivity contribution >= 4 is 16.9 Å². The summed E-state index contributed by atoms with van der Waals surface area (Å²) in [6.07, 6.45) is 2.62. The van der Waals surface area contributed by atoms with Gasteiger partial charge in [0, 0.05) is 26.8 Å². The molecule has 5 aromatic rings. The van der Waals surface area contributed by atoms with Crippen LogP contribution in [-0.4, -0.2) is 37.3 Å². The Morgan fingerprint density at radius 3 is 2.35 bits per heavy atom. The topological polar surface area (TPSA) is 84.7 Å². The van der Waals surface area contributed by atoms with Gasteiger partial charge in [0.15, 0.2) is 22.7 Å². The summed E-state index contributed by atoms with van der Waals surface area (Å²) in [7, 11) is 6.34. The van der Waals surface area contributed by atoms with Crippen LogP contribution in [0.15, 0.2) is 64.3 Å². The zero-order valence-electron chi connectivity index (χ0n) is 19.5. The number of nitrogens with zero attached hydrogens (tertiary/aromatic N) is 5. The Balaban J connectivity index is 1.69. The molecule has 0 aliphatic rings. The van der Waals surface area contributed by atoms with Crippen LogP contribution in [0.1, 0.15) is 5.56 Å². The van der Waals surface area contributed by atoms with Crippen molar-refractivity contribution in [2.24, 2.45) is 14.1 Å². The second kappa shape index (κ2) is 8.26. The molecule has 0 amide bonds. The van der Waals surface area contributed by atoms with Crippen LogP contribution in [0.3, 0.4) is 0 Å². The van der Waals surface area contributed by atoms with Gasteiger partial charge in [0.05, 0.1) is 19.9 Å². The lowest BCUT2D eigenvalue weighted by Gasteiger charge is -2.12. The lowest BCUT2D eigenvalue weighted by atomic mass is 10.1. The summed E-state index contributed by atoms with van der Waals surface area (Å²) in [5.74, 6) is 1.95. The van der Waals surface area contributed by atoms with E-state index in [9.17, 15) is 9.59 Å². The van der Waals surface area contributed by atoms with Gasteiger partial charge in [-0.1, -0.05) is 36.4 Å². The van der Waals surface area contributed by atoms with Crippen molar-refractivity contribution in [1.82, 2.24) is 23.1 Å². The summed E-state index contributed by atoms with van der Waals surface area (Å²) in [5, 5.41) is 0. The van der Waals surface area contributed by atoms with Crippen LogP contribution in [0.5, 0.6) is 11.5 Å². The van der Waals surface area contributed by atoms with Crippen LogP contribution in [-0.2, 0) is 27.1 Å². The Bertz CT molecular complexity index is 1640. The minimum Gasteiger partial charge on any atom is -0.493 e. The fourth-order valence-electron chi connectivity index (χ4n) is 4.35. The Morgan fingerprint density at radius 1 is 0.912 bits per heavy atom. The van der Waals surface area contributed by atoms with E-state index in [0.29, 0.717) is 41.4 Å². The molecular formula is C25H25N5O4. The van der Waals surface area contributed by atoms with E-state index >= 15 is 0 Å². The number of aromatic nitrogens is 5. The van der Waals surface area contributed by atoms with Crippen molar-refractivity contribution in [3.63, 3.8) is 0 Å². The molecular weight excluding hydrogens is 434 g/mol. The number of fused-ring (bicyclic) bond motifs is 3. The van der Waals surface area contributed by atoms with Gasteiger partial charge in [-0.3, -0.25) is 18.3 Å². The molecule has 0 unspecified atom stereocenters. The zero-order valence-corrected chi connectivity index (χ0v) is 19.5. The first kappa shape index (κ1) is 21.6. The molecule has 0 bridgehead atoms. The predicted molar refractivity (Wildman–Crippen MR) is 130 cm³/mol. The van der Waals surface area contributed by atoms with Crippen LogP contribution in [0.25, 0.3) is 28.2 Å². The van der Waals surface area contributed by atoms with Crippen molar-refractivity contribution in [3.8, 4) is 22.8 Å². The third kappa shape index (κ3) is 3.28. The first-order valence-electron chi connectivity index (χ1n) is 10.9. The van der Waals surface area contributed by atoms with E-state index in [-0.39, 0.29) is 5.56 Å². The highest BCUT2D eigenvalue weighted by Crippen LogP contribution is 2.29. The van der Waals surface area contributed by atoms with Gasteiger partial charge in [-0.15, -0.1) is 0 Å². The maximum absolute atomic E-state index is 13.0. The molecule has 5 rings (SSSR count). The maximum Gasteiger partial charge on any atom is 0.332 e. The highest BCUT2D eigenvalue weighted by atomic mass is 16.5. The van der Waals surface area contributed by atoms with Crippen molar-refractivity contribution in [1.29, 1.82) is 0 Å². The number of ether oxygens (including phenoxy) is 2. The smallest absolute Gasteiger partial charge is 0.332 e. The number of imidazole rings is 2. The number of methoxy groups -OCH3 is 2. The van der Waals surface area contributed by atoms with Gasteiger partial charge >= 0.3 is 5.69 Å². The summed E-state index contributed by atoms with van der Waals surface area (Å²) in [6.45, 7) is 0.605.